The molecule has 0 aromatic carbocycles. The maximum absolute atomic E-state index is 12.2. The fourth-order valence-electron chi connectivity index (χ4n) is 2.88. The van der Waals surface area contributed by atoms with Crippen LogP contribution in [0.15, 0.2) is 17.1 Å². The Balaban J connectivity index is 1.82. The Labute approximate surface area is 163 Å². The summed E-state index contributed by atoms with van der Waals surface area (Å²) in [7, 11) is 0. The monoisotopic (exact) mass is 412 g/mol. The van der Waals surface area contributed by atoms with Gasteiger partial charge in [0.25, 0.3) is 0 Å². The fourth-order valence-corrected chi connectivity index (χ4v) is 2.88. The number of nitrogens with zero attached hydrogens (tertiary/aromatic N) is 2. The zero-order valence-electron chi connectivity index (χ0n) is 15.5. The first-order valence-corrected chi connectivity index (χ1v) is 8.71. The molecule has 0 spiro atoms. The molecule has 0 bridgehead atoms. The highest BCUT2D eigenvalue weighted by Crippen LogP contribution is 2.35. The topological polar surface area (TPSA) is 181 Å². The van der Waals surface area contributed by atoms with Crippen LogP contribution in [0.5, 0.6) is 0 Å². The van der Waals surface area contributed by atoms with Gasteiger partial charge in [-0.3, -0.25) is 20.0 Å². The number of carbonyl (C=O) groups excluding carboxylic acids is 3. The molecule has 2 aliphatic heterocycles. The minimum absolute atomic E-state index is 0.110. The highest BCUT2D eigenvalue weighted by molar-refractivity contribution is 6.30. The summed E-state index contributed by atoms with van der Waals surface area (Å²) in [5, 5.41) is 8.84. The van der Waals surface area contributed by atoms with Crippen molar-refractivity contribution < 1.29 is 38.5 Å². The molecule has 3 rings (SSSR count). The molecule has 0 amide bonds. The molecule has 13 heteroatoms. The highest BCUT2D eigenvalue weighted by atomic mass is 16.7. The van der Waals surface area contributed by atoms with Crippen LogP contribution in [0.2, 0.25) is 0 Å². The van der Waals surface area contributed by atoms with Crippen LogP contribution in [-0.2, 0) is 33.3 Å². The first-order chi connectivity index (χ1) is 13.7. The Morgan fingerprint density at radius 1 is 1.31 bits per heavy atom. The van der Waals surface area contributed by atoms with Gasteiger partial charge < -0.3 is 24.7 Å². The maximum atomic E-state index is 12.2. The SMILES string of the molecule is CC(C)[C@H](N)C(=O)OC[C@H]1O[C@@H](n2ccc(NO)nc2=O)[C@@H]2OC(=O)C(=O)O[C@@H]21. The average molecular weight is 412 g/mol. The third kappa shape index (κ3) is 4.06. The standard InChI is InChI=1S/C16H20N4O9/c1-6(2)9(17)13(21)26-5-7-10-11(29-15(23)14(22)28-10)12(27-7)20-4-3-8(19-25)18-16(20)24/h3-4,6-7,9-12,25H,5,17H2,1-2H3,(H,18,19,24)/t7-,9+,10-,11-,12-/m1/s1. The second kappa shape index (κ2) is 8.14. The Morgan fingerprint density at radius 2 is 1.97 bits per heavy atom. The third-order valence-corrected chi connectivity index (χ3v) is 4.54. The van der Waals surface area contributed by atoms with E-state index in [2.05, 4.69) is 4.98 Å². The number of aromatic nitrogens is 2. The van der Waals surface area contributed by atoms with Gasteiger partial charge in [0.1, 0.15) is 18.8 Å². The smallest absolute Gasteiger partial charge is 0.418 e. The molecule has 5 atom stereocenters. The van der Waals surface area contributed by atoms with E-state index in [9.17, 15) is 19.2 Å². The van der Waals surface area contributed by atoms with Gasteiger partial charge in [0, 0.05) is 6.20 Å². The summed E-state index contributed by atoms with van der Waals surface area (Å²) in [6.07, 6.45) is -3.27. The number of fused-ring (bicyclic) bond motifs is 1. The molecule has 4 N–H and O–H groups in total. The Bertz CT molecular complexity index is 870. The molecule has 1 aromatic heterocycles. The van der Waals surface area contributed by atoms with E-state index in [1.54, 1.807) is 19.3 Å². The lowest BCUT2D eigenvalue weighted by atomic mass is 10.1. The van der Waals surface area contributed by atoms with E-state index in [0.29, 0.717) is 0 Å². The minimum atomic E-state index is -1.24. The molecule has 0 saturated carbocycles. The maximum Gasteiger partial charge on any atom is 0.418 e. The van der Waals surface area contributed by atoms with E-state index in [1.807, 2.05) is 0 Å². The van der Waals surface area contributed by atoms with E-state index in [-0.39, 0.29) is 18.3 Å². The molecule has 0 aliphatic carbocycles. The number of ether oxygens (including phenoxy) is 4. The average Bonchev–Trinajstić information content (AvgIpc) is 3.02. The second-order valence-electron chi connectivity index (χ2n) is 6.82. The number of nitrogens with two attached hydrogens (primary N) is 1. The van der Waals surface area contributed by atoms with Gasteiger partial charge in [-0.25, -0.2) is 14.4 Å². The van der Waals surface area contributed by atoms with Crippen molar-refractivity contribution in [3.05, 3.63) is 22.7 Å². The lowest BCUT2D eigenvalue weighted by molar-refractivity contribution is -0.195. The van der Waals surface area contributed by atoms with E-state index in [1.165, 1.54) is 12.3 Å². The number of carbonyl (C=O) groups is 3. The summed E-state index contributed by atoms with van der Waals surface area (Å²) < 4.78 is 22.0. The molecule has 3 heterocycles. The van der Waals surface area contributed by atoms with Crippen molar-refractivity contribution in [2.24, 2.45) is 11.7 Å². The van der Waals surface area contributed by atoms with Crippen LogP contribution >= 0.6 is 0 Å². The molecule has 29 heavy (non-hydrogen) atoms. The first-order valence-electron chi connectivity index (χ1n) is 8.71. The molecule has 13 nitrogen and oxygen atoms in total. The summed E-state index contributed by atoms with van der Waals surface area (Å²) in [6.45, 7) is 3.15. The lowest BCUT2D eigenvalue weighted by Gasteiger charge is -2.28. The Kier molecular flexibility index (Phi) is 5.81. The van der Waals surface area contributed by atoms with Gasteiger partial charge in [0.15, 0.2) is 24.3 Å². The molecule has 2 aliphatic rings. The number of rotatable bonds is 6. The van der Waals surface area contributed by atoms with Crippen LogP contribution in [0.4, 0.5) is 5.82 Å². The van der Waals surface area contributed by atoms with Crippen LogP contribution in [0, 0.1) is 5.92 Å². The van der Waals surface area contributed by atoms with Gasteiger partial charge in [-0.15, -0.1) is 0 Å². The number of esters is 3. The van der Waals surface area contributed by atoms with Crippen LogP contribution < -0.4 is 16.9 Å². The molecule has 0 unspecified atom stereocenters. The molecule has 1 aromatic rings. The normalized spacial score (nSPS) is 27.1. The third-order valence-electron chi connectivity index (χ3n) is 4.54. The van der Waals surface area contributed by atoms with Crippen LogP contribution in [-0.4, -0.2) is 63.6 Å². The van der Waals surface area contributed by atoms with Gasteiger partial charge in [-0.05, 0) is 12.0 Å². The summed E-state index contributed by atoms with van der Waals surface area (Å²) in [5.74, 6) is -3.42. The van der Waals surface area contributed by atoms with Crippen molar-refractivity contribution in [2.75, 3.05) is 12.1 Å². The van der Waals surface area contributed by atoms with E-state index < -0.39 is 54.2 Å². The second-order valence-corrected chi connectivity index (χ2v) is 6.82. The molecule has 0 radical (unpaired) electrons. The van der Waals surface area contributed by atoms with Gasteiger partial charge in [-0.2, -0.15) is 4.98 Å². The van der Waals surface area contributed by atoms with Gasteiger partial charge in [-0.1, -0.05) is 13.8 Å². The quantitative estimate of drug-likeness (QED) is 0.209. The summed E-state index contributed by atoms with van der Waals surface area (Å²) in [5.41, 5.74) is 6.63. The molecular weight excluding hydrogens is 392 g/mol. The zero-order valence-corrected chi connectivity index (χ0v) is 15.5. The molecule has 2 saturated heterocycles. The Morgan fingerprint density at radius 3 is 2.55 bits per heavy atom. The molecule has 158 valence electrons. The van der Waals surface area contributed by atoms with Crippen molar-refractivity contribution in [1.82, 2.24) is 9.55 Å². The van der Waals surface area contributed by atoms with E-state index in [0.717, 1.165) is 4.57 Å². The predicted molar refractivity (Wildman–Crippen MR) is 91.3 cm³/mol. The van der Waals surface area contributed by atoms with Crippen molar-refractivity contribution in [2.45, 2.75) is 44.4 Å². The van der Waals surface area contributed by atoms with Gasteiger partial charge in [0.05, 0.1) is 0 Å². The van der Waals surface area contributed by atoms with Crippen LogP contribution in [0.3, 0.4) is 0 Å². The predicted octanol–water partition coefficient (Wildman–Crippen LogP) is -1.69. The van der Waals surface area contributed by atoms with E-state index in [4.69, 9.17) is 29.9 Å². The molecular formula is C16H20N4O9. The van der Waals surface area contributed by atoms with Crippen molar-refractivity contribution >= 4 is 23.7 Å². The summed E-state index contributed by atoms with van der Waals surface area (Å²) >= 11 is 0. The van der Waals surface area contributed by atoms with E-state index >= 15 is 0 Å². The summed E-state index contributed by atoms with van der Waals surface area (Å²) in [6, 6.07) is 0.408. The Hall–Kier alpha value is -3.03. The van der Waals surface area contributed by atoms with Crippen LogP contribution in [0.1, 0.15) is 20.1 Å². The minimum Gasteiger partial charge on any atom is -0.462 e. The molecule has 2 fully saturated rings. The van der Waals surface area contributed by atoms with Crippen LogP contribution in [0.25, 0.3) is 0 Å². The number of nitrogens with one attached hydrogen (secondary N) is 1. The number of hydrogen-bond donors (Lipinski definition) is 3. The summed E-state index contributed by atoms with van der Waals surface area (Å²) in [4.78, 5) is 51.0. The first kappa shape index (κ1) is 20.7. The van der Waals surface area contributed by atoms with Crippen molar-refractivity contribution in [3.8, 4) is 0 Å². The highest BCUT2D eigenvalue weighted by Gasteiger charge is 2.55. The lowest BCUT2D eigenvalue weighted by Crippen LogP contribution is -2.49. The number of anilines is 1. The van der Waals surface area contributed by atoms with Gasteiger partial charge in [0.2, 0.25) is 0 Å². The fraction of sp³-hybridized carbons (Fsp3) is 0.562. The largest absolute Gasteiger partial charge is 0.462 e. The van der Waals surface area contributed by atoms with Gasteiger partial charge >= 0.3 is 23.6 Å². The van der Waals surface area contributed by atoms with Crippen molar-refractivity contribution in [3.63, 3.8) is 0 Å². The zero-order chi connectivity index (χ0) is 21.3. The van der Waals surface area contributed by atoms with Crippen molar-refractivity contribution in [1.29, 1.82) is 0 Å². The number of hydrogen-bond acceptors (Lipinski definition) is 12.